The third kappa shape index (κ3) is 4.54. The lowest BCUT2D eigenvalue weighted by Gasteiger charge is -2.10. The maximum absolute atomic E-state index is 11.7. The van der Waals surface area contributed by atoms with Gasteiger partial charge in [-0.05, 0) is 19.8 Å². The van der Waals surface area contributed by atoms with E-state index in [4.69, 9.17) is 10.8 Å². The first-order chi connectivity index (χ1) is 8.00. The summed E-state index contributed by atoms with van der Waals surface area (Å²) in [5.41, 5.74) is 6.47. The first-order valence-corrected chi connectivity index (χ1v) is 5.70. The zero-order valence-corrected chi connectivity index (χ0v) is 10.3. The molecule has 0 aliphatic heterocycles. The molecule has 96 valence electrons. The van der Waals surface area contributed by atoms with Gasteiger partial charge < -0.3 is 16.2 Å². The monoisotopic (exact) mass is 240 g/mol. The maximum Gasteiger partial charge on any atom is 0.241 e. The van der Waals surface area contributed by atoms with E-state index in [1.807, 2.05) is 0 Å². The summed E-state index contributed by atoms with van der Waals surface area (Å²) >= 11 is 0. The molecule has 0 saturated heterocycles. The van der Waals surface area contributed by atoms with Gasteiger partial charge in [0, 0.05) is 25.4 Å². The maximum atomic E-state index is 11.7. The standard InChI is InChI=1S/C11H20N4O2/c1-8(16)4-3-5-13-11(17)10(12)9-6-14-15(2)7-9/h6-8,10,16H,3-5,12H2,1-2H3,(H,13,17). The number of hydrogen-bond acceptors (Lipinski definition) is 4. The van der Waals surface area contributed by atoms with E-state index in [1.165, 1.54) is 0 Å². The second kappa shape index (κ2) is 6.36. The largest absolute Gasteiger partial charge is 0.393 e. The van der Waals surface area contributed by atoms with Crippen LogP contribution >= 0.6 is 0 Å². The van der Waals surface area contributed by atoms with Crippen molar-refractivity contribution in [3.8, 4) is 0 Å². The fraction of sp³-hybridized carbons (Fsp3) is 0.636. The van der Waals surface area contributed by atoms with Gasteiger partial charge in [-0.15, -0.1) is 0 Å². The minimum absolute atomic E-state index is 0.219. The number of hydrogen-bond donors (Lipinski definition) is 3. The van der Waals surface area contributed by atoms with E-state index in [9.17, 15) is 4.79 Å². The average molecular weight is 240 g/mol. The second-order valence-corrected chi connectivity index (χ2v) is 4.21. The third-order valence-electron chi connectivity index (χ3n) is 2.46. The molecule has 0 bridgehead atoms. The van der Waals surface area contributed by atoms with Crippen LogP contribution in [0.2, 0.25) is 0 Å². The average Bonchev–Trinajstić information content (AvgIpc) is 2.69. The first kappa shape index (κ1) is 13.7. The predicted molar refractivity (Wildman–Crippen MR) is 64.1 cm³/mol. The molecule has 2 unspecified atom stereocenters. The molecule has 17 heavy (non-hydrogen) atoms. The summed E-state index contributed by atoms with van der Waals surface area (Å²) in [6, 6.07) is -0.685. The van der Waals surface area contributed by atoms with Crippen molar-refractivity contribution >= 4 is 5.91 Å². The summed E-state index contributed by atoms with van der Waals surface area (Å²) in [5.74, 6) is -0.219. The van der Waals surface area contributed by atoms with Gasteiger partial charge in [-0.1, -0.05) is 0 Å². The molecule has 0 fully saturated rings. The molecule has 0 aromatic carbocycles. The number of aliphatic hydroxyl groups excluding tert-OH is 1. The summed E-state index contributed by atoms with van der Waals surface area (Å²) in [5, 5.41) is 15.8. The van der Waals surface area contributed by atoms with E-state index < -0.39 is 6.04 Å². The molecule has 0 saturated carbocycles. The van der Waals surface area contributed by atoms with Crippen LogP contribution in [-0.4, -0.2) is 33.4 Å². The lowest BCUT2D eigenvalue weighted by molar-refractivity contribution is -0.122. The lowest BCUT2D eigenvalue weighted by atomic mass is 10.1. The fourth-order valence-electron chi connectivity index (χ4n) is 1.47. The van der Waals surface area contributed by atoms with Crippen molar-refractivity contribution in [3.05, 3.63) is 18.0 Å². The van der Waals surface area contributed by atoms with Crippen molar-refractivity contribution < 1.29 is 9.90 Å². The van der Waals surface area contributed by atoms with Gasteiger partial charge in [-0.25, -0.2) is 0 Å². The SMILES string of the molecule is CC(O)CCCNC(=O)C(N)c1cnn(C)c1. The van der Waals surface area contributed by atoms with Crippen LogP contribution in [0.15, 0.2) is 12.4 Å². The molecule has 0 aliphatic rings. The van der Waals surface area contributed by atoms with E-state index in [0.29, 0.717) is 18.5 Å². The Morgan fingerprint density at radius 2 is 2.41 bits per heavy atom. The molecule has 6 nitrogen and oxygen atoms in total. The van der Waals surface area contributed by atoms with E-state index in [0.717, 1.165) is 6.42 Å². The van der Waals surface area contributed by atoms with Crippen molar-refractivity contribution in [2.24, 2.45) is 12.8 Å². The quantitative estimate of drug-likeness (QED) is 0.595. The highest BCUT2D eigenvalue weighted by Crippen LogP contribution is 2.08. The smallest absolute Gasteiger partial charge is 0.241 e. The summed E-state index contributed by atoms with van der Waals surface area (Å²) in [6.45, 7) is 2.25. The molecular formula is C11H20N4O2. The van der Waals surface area contributed by atoms with Crippen molar-refractivity contribution in [2.75, 3.05) is 6.54 Å². The van der Waals surface area contributed by atoms with Gasteiger partial charge in [0.05, 0.1) is 12.3 Å². The third-order valence-corrected chi connectivity index (χ3v) is 2.46. The van der Waals surface area contributed by atoms with Crippen molar-refractivity contribution in [2.45, 2.75) is 31.9 Å². The molecule has 0 aliphatic carbocycles. The van der Waals surface area contributed by atoms with Gasteiger partial charge in [-0.2, -0.15) is 5.10 Å². The molecule has 0 spiro atoms. The molecule has 1 rings (SSSR count). The first-order valence-electron chi connectivity index (χ1n) is 5.70. The van der Waals surface area contributed by atoms with Crippen LogP contribution in [0.4, 0.5) is 0 Å². The highest BCUT2D eigenvalue weighted by atomic mass is 16.3. The molecule has 0 radical (unpaired) electrons. The normalized spacial score (nSPS) is 14.4. The molecule has 6 heteroatoms. The molecule has 4 N–H and O–H groups in total. The summed E-state index contributed by atoms with van der Waals surface area (Å²) in [6.07, 6.45) is 4.38. The summed E-state index contributed by atoms with van der Waals surface area (Å²) < 4.78 is 1.61. The molecular weight excluding hydrogens is 220 g/mol. The van der Waals surface area contributed by atoms with Crippen LogP contribution in [0, 0.1) is 0 Å². The second-order valence-electron chi connectivity index (χ2n) is 4.21. The Balaban J connectivity index is 2.32. The molecule has 1 amide bonds. The van der Waals surface area contributed by atoms with E-state index in [1.54, 1.807) is 31.0 Å². The van der Waals surface area contributed by atoms with E-state index in [-0.39, 0.29) is 12.0 Å². The van der Waals surface area contributed by atoms with Gasteiger partial charge in [0.1, 0.15) is 6.04 Å². The Morgan fingerprint density at radius 1 is 1.71 bits per heavy atom. The highest BCUT2D eigenvalue weighted by Gasteiger charge is 2.16. The van der Waals surface area contributed by atoms with Gasteiger partial charge in [0.25, 0.3) is 0 Å². The number of nitrogens with two attached hydrogens (primary N) is 1. The van der Waals surface area contributed by atoms with Crippen molar-refractivity contribution in [1.29, 1.82) is 0 Å². The van der Waals surface area contributed by atoms with Gasteiger partial charge in [-0.3, -0.25) is 9.48 Å². The number of amides is 1. The number of aromatic nitrogens is 2. The molecule has 1 aromatic heterocycles. The lowest BCUT2D eigenvalue weighted by Crippen LogP contribution is -2.34. The topological polar surface area (TPSA) is 93.2 Å². The summed E-state index contributed by atoms with van der Waals surface area (Å²) in [7, 11) is 1.77. The zero-order valence-electron chi connectivity index (χ0n) is 10.3. The number of aliphatic hydroxyl groups is 1. The Labute approximate surface area is 101 Å². The highest BCUT2D eigenvalue weighted by molar-refractivity contribution is 5.82. The van der Waals surface area contributed by atoms with Gasteiger partial charge in [0.15, 0.2) is 0 Å². The van der Waals surface area contributed by atoms with Gasteiger partial charge in [0.2, 0.25) is 5.91 Å². The number of aryl methyl sites for hydroxylation is 1. The van der Waals surface area contributed by atoms with Crippen LogP contribution in [0.25, 0.3) is 0 Å². The van der Waals surface area contributed by atoms with Crippen LogP contribution in [0.3, 0.4) is 0 Å². The number of nitrogens with one attached hydrogen (secondary N) is 1. The Hall–Kier alpha value is -1.40. The van der Waals surface area contributed by atoms with E-state index >= 15 is 0 Å². The summed E-state index contributed by atoms with van der Waals surface area (Å²) in [4.78, 5) is 11.7. The fourth-order valence-corrected chi connectivity index (χ4v) is 1.47. The number of rotatable bonds is 6. The Kier molecular flexibility index (Phi) is 5.11. The minimum atomic E-state index is -0.685. The number of carbonyl (C=O) groups is 1. The van der Waals surface area contributed by atoms with Crippen LogP contribution in [0.5, 0.6) is 0 Å². The van der Waals surface area contributed by atoms with Crippen LogP contribution < -0.4 is 11.1 Å². The Bertz CT molecular complexity index is 362. The van der Waals surface area contributed by atoms with E-state index in [2.05, 4.69) is 10.4 Å². The number of nitrogens with zero attached hydrogens (tertiary/aromatic N) is 2. The van der Waals surface area contributed by atoms with Gasteiger partial charge >= 0.3 is 0 Å². The predicted octanol–water partition coefficient (Wildman–Crippen LogP) is -0.303. The minimum Gasteiger partial charge on any atom is -0.393 e. The van der Waals surface area contributed by atoms with Crippen molar-refractivity contribution in [1.82, 2.24) is 15.1 Å². The molecule has 1 aromatic rings. The zero-order chi connectivity index (χ0) is 12.8. The molecule has 2 atom stereocenters. The van der Waals surface area contributed by atoms with Crippen LogP contribution in [0.1, 0.15) is 31.4 Å². The van der Waals surface area contributed by atoms with Crippen molar-refractivity contribution in [3.63, 3.8) is 0 Å². The Morgan fingerprint density at radius 3 is 2.94 bits per heavy atom. The number of carbonyl (C=O) groups excluding carboxylic acids is 1. The van der Waals surface area contributed by atoms with Crippen LogP contribution in [-0.2, 0) is 11.8 Å². The molecule has 1 heterocycles.